The molecule has 2 heterocycles. The van der Waals surface area contributed by atoms with E-state index in [2.05, 4.69) is 70.5 Å². The van der Waals surface area contributed by atoms with Gasteiger partial charge in [-0.05, 0) is 84.5 Å². The standard InChI is InChI=1S/C26H37N5OS/c1-18-19(2)31(26(6,7)8)24(30(18)25(3,4)5)29(32)16-21-11-9-10-20(14-21)15-28-23(27)22-12-13-33-17-22/h9-14,16-17,24H,15H2,1-8H3,(H2,27,28)/b29-16-. The molecule has 0 unspecified atom stereocenters. The molecule has 1 aromatic heterocycles. The Hall–Kier alpha value is -2.80. The van der Waals surface area contributed by atoms with Crippen molar-refractivity contribution < 1.29 is 4.74 Å². The van der Waals surface area contributed by atoms with E-state index in [1.54, 1.807) is 17.6 Å². The van der Waals surface area contributed by atoms with Crippen molar-refractivity contribution in [1.82, 2.24) is 15.1 Å². The van der Waals surface area contributed by atoms with Gasteiger partial charge in [-0.25, -0.2) is 0 Å². The third-order valence-corrected chi connectivity index (χ3v) is 6.57. The molecule has 0 fully saturated rings. The van der Waals surface area contributed by atoms with Crippen LogP contribution in [0.2, 0.25) is 0 Å². The molecular weight excluding hydrogens is 430 g/mol. The Kier molecular flexibility index (Phi) is 6.93. The lowest BCUT2D eigenvalue weighted by atomic mass is 10.0. The summed E-state index contributed by atoms with van der Waals surface area (Å²) in [5.74, 6) is 0.403. The first-order chi connectivity index (χ1) is 15.3. The van der Waals surface area contributed by atoms with Gasteiger partial charge in [-0.3, -0.25) is 15.2 Å². The van der Waals surface area contributed by atoms with E-state index in [9.17, 15) is 5.21 Å². The predicted octanol–water partition coefficient (Wildman–Crippen LogP) is 5.54. The number of allylic oxidation sites excluding steroid dienone is 2. The van der Waals surface area contributed by atoms with Crippen molar-refractivity contribution in [2.24, 2.45) is 0 Å². The first-order valence-electron chi connectivity index (χ1n) is 11.3. The van der Waals surface area contributed by atoms with Crippen molar-refractivity contribution in [1.29, 1.82) is 5.41 Å². The van der Waals surface area contributed by atoms with Gasteiger partial charge in [-0.2, -0.15) is 16.1 Å². The Morgan fingerprint density at radius 1 is 1.09 bits per heavy atom. The Balaban J connectivity index is 1.87. The minimum absolute atomic E-state index is 0.208. The monoisotopic (exact) mass is 467 g/mol. The molecule has 0 spiro atoms. The van der Waals surface area contributed by atoms with E-state index >= 15 is 0 Å². The maximum Gasteiger partial charge on any atom is 0.322 e. The highest BCUT2D eigenvalue weighted by molar-refractivity contribution is 7.08. The van der Waals surface area contributed by atoms with Crippen molar-refractivity contribution in [3.8, 4) is 0 Å². The third-order valence-electron chi connectivity index (χ3n) is 5.89. The molecule has 1 aromatic carbocycles. The first-order valence-corrected chi connectivity index (χ1v) is 12.3. The molecule has 2 N–H and O–H groups in total. The maximum absolute atomic E-state index is 13.7. The highest BCUT2D eigenvalue weighted by Crippen LogP contribution is 2.39. The van der Waals surface area contributed by atoms with E-state index in [4.69, 9.17) is 5.41 Å². The van der Waals surface area contributed by atoms with Crippen LogP contribution < -0.4 is 5.32 Å². The number of rotatable bonds is 5. The van der Waals surface area contributed by atoms with Gasteiger partial charge >= 0.3 is 6.29 Å². The summed E-state index contributed by atoms with van der Waals surface area (Å²) in [5.41, 5.74) is 4.59. The summed E-state index contributed by atoms with van der Waals surface area (Å²) in [6.07, 6.45) is 1.22. The highest BCUT2D eigenvalue weighted by atomic mass is 32.1. The molecule has 1 aliphatic heterocycles. The molecule has 0 radical (unpaired) electrons. The zero-order valence-corrected chi connectivity index (χ0v) is 21.9. The van der Waals surface area contributed by atoms with Crippen LogP contribution in [0.5, 0.6) is 0 Å². The summed E-state index contributed by atoms with van der Waals surface area (Å²) < 4.78 is 1.08. The zero-order valence-electron chi connectivity index (χ0n) is 21.1. The lowest BCUT2D eigenvalue weighted by molar-refractivity contribution is -0.556. The second-order valence-corrected chi connectivity index (χ2v) is 11.4. The minimum Gasteiger partial charge on any atom is -0.621 e. The molecular formula is C26H37N5OS. The van der Waals surface area contributed by atoms with Crippen LogP contribution in [-0.4, -0.2) is 44.0 Å². The Morgan fingerprint density at radius 3 is 2.21 bits per heavy atom. The number of benzene rings is 1. The SMILES string of the molecule is CC1=C(C)N(C(C)(C)C)C(/[N+]([O-])=C/c2cccc(CNC(=N)c3ccsc3)c2)N1C(C)(C)C. The molecule has 178 valence electrons. The highest BCUT2D eigenvalue weighted by Gasteiger charge is 2.48. The van der Waals surface area contributed by atoms with Gasteiger partial charge in [0.05, 0.1) is 0 Å². The fraction of sp³-hybridized carbons (Fsp3) is 0.462. The summed E-state index contributed by atoms with van der Waals surface area (Å²) in [6, 6.07) is 9.85. The second-order valence-electron chi connectivity index (χ2n) is 10.6. The van der Waals surface area contributed by atoms with Crippen LogP contribution in [0.3, 0.4) is 0 Å². The largest absolute Gasteiger partial charge is 0.621 e. The van der Waals surface area contributed by atoms with Gasteiger partial charge in [-0.15, -0.1) is 0 Å². The van der Waals surface area contributed by atoms with Gasteiger partial charge in [-0.1, -0.05) is 12.1 Å². The van der Waals surface area contributed by atoms with Gasteiger partial charge in [0.25, 0.3) is 0 Å². The summed E-state index contributed by atoms with van der Waals surface area (Å²) >= 11 is 1.58. The molecule has 0 aliphatic carbocycles. The van der Waals surface area contributed by atoms with Crippen LogP contribution in [0.4, 0.5) is 0 Å². The minimum atomic E-state index is -0.460. The summed E-state index contributed by atoms with van der Waals surface area (Å²) in [6.45, 7) is 17.6. The number of amidine groups is 1. The fourth-order valence-electron chi connectivity index (χ4n) is 4.43. The summed E-state index contributed by atoms with van der Waals surface area (Å²) in [7, 11) is 0. The number of nitrogens with zero attached hydrogens (tertiary/aromatic N) is 3. The van der Waals surface area contributed by atoms with E-state index < -0.39 is 6.29 Å². The average Bonchev–Trinajstić information content (AvgIpc) is 3.33. The van der Waals surface area contributed by atoms with Crippen LogP contribution in [0.1, 0.15) is 72.1 Å². The molecule has 3 rings (SSSR count). The van der Waals surface area contributed by atoms with Gasteiger partial charge < -0.3 is 10.5 Å². The van der Waals surface area contributed by atoms with Gasteiger partial charge in [0.1, 0.15) is 5.84 Å². The molecule has 0 saturated heterocycles. The molecule has 0 amide bonds. The van der Waals surface area contributed by atoms with Gasteiger partial charge in [0.15, 0.2) is 6.21 Å². The number of nitrogens with one attached hydrogen (secondary N) is 2. The maximum atomic E-state index is 13.7. The summed E-state index contributed by atoms with van der Waals surface area (Å²) in [5, 5.41) is 28.9. The number of hydrogen-bond acceptors (Lipinski definition) is 5. The van der Waals surface area contributed by atoms with Crippen molar-refractivity contribution in [3.63, 3.8) is 0 Å². The molecule has 0 bridgehead atoms. The van der Waals surface area contributed by atoms with Crippen molar-refractivity contribution in [2.75, 3.05) is 0 Å². The van der Waals surface area contributed by atoms with Crippen LogP contribution in [0, 0.1) is 10.6 Å². The van der Waals surface area contributed by atoms with E-state index in [-0.39, 0.29) is 11.1 Å². The molecule has 2 aromatic rings. The second kappa shape index (κ2) is 9.21. The number of hydroxylamine groups is 1. The molecule has 33 heavy (non-hydrogen) atoms. The first kappa shape index (κ1) is 24.8. The Bertz CT molecular complexity index is 1030. The number of thiophene rings is 1. The van der Waals surface area contributed by atoms with Crippen molar-refractivity contribution in [3.05, 3.63) is 74.4 Å². The van der Waals surface area contributed by atoms with Gasteiger partial charge in [0, 0.05) is 45.5 Å². The van der Waals surface area contributed by atoms with Crippen molar-refractivity contribution in [2.45, 2.75) is 79.3 Å². The normalized spacial score (nSPS) is 16.1. The molecule has 6 nitrogen and oxygen atoms in total. The molecule has 0 atom stereocenters. The number of hydrogen-bond donors (Lipinski definition) is 2. The quantitative estimate of drug-likeness (QED) is 0.199. The fourth-order valence-corrected chi connectivity index (χ4v) is 5.08. The van der Waals surface area contributed by atoms with Crippen LogP contribution in [-0.2, 0) is 6.54 Å². The van der Waals surface area contributed by atoms with E-state index in [1.165, 1.54) is 0 Å². The van der Waals surface area contributed by atoms with Gasteiger partial charge in [0.2, 0.25) is 0 Å². The van der Waals surface area contributed by atoms with E-state index in [0.717, 1.165) is 32.8 Å². The van der Waals surface area contributed by atoms with Crippen LogP contribution in [0.15, 0.2) is 52.5 Å². The zero-order chi connectivity index (χ0) is 24.6. The lowest BCUT2D eigenvalue weighted by Crippen LogP contribution is -2.58. The third kappa shape index (κ3) is 5.41. The Morgan fingerprint density at radius 2 is 1.70 bits per heavy atom. The summed E-state index contributed by atoms with van der Waals surface area (Å²) in [4.78, 5) is 4.43. The van der Waals surface area contributed by atoms with Crippen LogP contribution in [0.25, 0.3) is 0 Å². The van der Waals surface area contributed by atoms with E-state index in [1.807, 2.05) is 41.1 Å². The lowest BCUT2D eigenvalue weighted by Gasteiger charge is -2.43. The molecule has 1 aliphatic rings. The van der Waals surface area contributed by atoms with Crippen LogP contribution >= 0.6 is 11.3 Å². The Labute approximate surface area is 202 Å². The van der Waals surface area contributed by atoms with Crippen molar-refractivity contribution >= 4 is 23.4 Å². The predicted molar refractivity (Wildman–Crippen MR) is 139 cm³/mol. The van der Waals surface area contributed by atoms with E-state index in [0.29, 0.717) is 12.4 Å². The molecule has 7 heteroatoms. The average molecular weight is 468 g/mol. The molecule has 0 saturated carbocycles. The smallest absolute Gasteiger partial charge is 0.322 e. The topological polar surface area (TPSA) is 68.4 Å².